The molecule has 2 aromatic heterocycles. The molecule has 0 saturated carbocycles. The standard InChI is InChI=1S/C12H16N4/c1-4-16-9(3)12(8(2)15-16)10-7-14-6-5-11(10)13/h5-7H,4H2,1-3H3,(H2,13,14). The average Bonchev–Trinajstić information content (AvgIpc) is 2.55. The summed E-state index contributed by atoms with van der Waals surface area (Å²) in [6.07, 6.45) is 3.50. The number of hydrogen-bond donors (Lipinski definition) is 1. The smallest absolute Gasteiger partial charge is 0.0676 e. The van der Waals surface area contributed by atoms with E-state index in [-0.39, 0.29) is 0 Å². The van der Waals surface area contributed by atoms with Gasteiger partial charge in [-0.1, -0.05) is 0 Å². The van der Waals surface area contributed by atoms with E-state index < -0.39 is 0 Å². The van der Waals surface area contributed by atoms with Crippen LogP contribution < -0.4 is 5.73 Å². The molecule has 0 fully saturated rings. The van der Waals surface area contributed by atoms with E-state index in [2.05, 4.69) is 23.9 Å². The van der Waals surface area contributed by atoms with Crippen molar-refractivity contribution in [1.82, 2.24) is 14.8 Å². The Morgan fingerprint density at radius 2 is 2.12 bits per heavy atom. The second-order valence-corrected chi connectivity index (χ2v) is 3.82. The molecule has 0 aliphatic heterocycles. The van der Waals surface area contributed by atoms with Gasteiger partial charge < -0.3 is 5.73 Å². The number of aromatic nitrogens is 3. The van der Waals surface area contributed by atoms with Gasteiger partial charge in [-0.3, -0.25) is 9.67 Å². The summed E-state index contributed by atoms with van der Waals surface area (Å²) in [6, 6.07) is 1.82. The fourth-order valence-corrected chi connectivity index (χ4v) is 2.01. The van der Waals surface area contributed by atoms with Crippen LogP contribution in [0, 0.1) is 13.8 Å². The maximum atomic E-state index is 5.96. The van der Waals surface area contributed by atoms with Crippen molar-refractivity contribution in [3.05, 3.63) is 29.8 Å². The molecule has 2 rings (SSSR count). The number of pyridine rings is 1. The van der Waals surface area contributed by atoms with Crippen LogP contribution in [0.15, 0.2) is 18.5 Å². The first kappa shape index (κ1) is 10.7. The Labute approximate surface area is 95.1 Å². The van der Waals surface area contributed by atoms with Crippen LogP contribution in [-0.4, -0.2) is 14.8 Å². The first-order valence-electron chi connectivity index (χ1n) is 5.39. The van der Waals surface area contributed by atoms with Crippen molar-refractivity contribution in [1.29, 1.82) is 0 Å². The van der Waals surface area contributed by atoms with Crippen LogP contribution in [0.1, 0.15) is 18.3 Å². The Kier molecular flexibility index (Phi) is 2.64. The van der Waals surface area contributed by atoms with E-state index in [1.165, 1.54) is 0 Å². The number of hydrogen-bond acceptors (Lipinski definition) is 3. The van der Waals surface area contributed by atoms with E-state index in [9.17, 15) is 0 Å². The molecular formula is C12H16N4. The number of nitrogens with two attached hydrogens (primary N) is 1. The van der Waals surface area contributed by atoms with Gasteiger partial charge in [-0.05, 0) is 26.8 Å². The molecule has 0 spiro atoms. The van der Waals surface area contributed by atoms with Crippen molar-refractivity contribution in [2.24, 2.45) is 0 Å². The van der Waals surface area contributed by atoms with Crippen LogP contribution >= 0.6 is 0 Å². The molecule has 2 N–H and O–H groups in total. The minimum atomic E-state index is 0.747. The molecule has 2 aromatic rings. The van der Waals surface area contributed by atoms with Crippen LogP contribution in [0.5, 0.6) is 0 Å². The fraction of sp³-hybridized carbons (Fsp3) is 0.333. The van der Waals surface area contributed by atoms with Crippen molar-refractivity contribution in [2.45, 2.75) is 27.3 Å². The summed E-state index contributed by atoms with van der Waals surface area (Å²) in [7, 11) is 0. The van der Waals surface area contributed by atoms with Gasteiger partial charge >= 0.3 is 0 Å². The highest BCUT2D eigenvalue weighted by molar-refractivity contribution is 5.78. The highest BCUT2D eigenvalue weighted by Gasteiger charge is 2.14. The third kappa shape index (κ3) is 1.56. The summed E-state index contributed by atoms with van der Waals surface area (Å²) in [5.74, 6) is 0. The largest absolute Gasteiger partial charge is 0.398 e. The first-order valence-corrected chi connectivity index (χ1v) is 5.39. The zero-order chi connectivity index (χ0) is 11.7. The third-order valence-corrected chi connectivity index (χ3v) is 2.81. The fourth-order valence-electron chi connectivity index (χ4n) is 2.01. The molecule has 4 nitrogen and oxygen atoms in total. The van der Waals surface area contributed by atoms with Crippen molar-refractivity contribution in [2.75, 3.05) is 5.73 Å². The average molecular weight is 216 g/mol. The quantitative estimate of drug-likeness (QED) is 0.837. The molecule has 0 aliphatic rings. The molecule has 16 heavy (non-hydrogen) atoms. The highest BCUT2D eigenvalue weighted by Crippen LogP contribution is 2.30. The van der Waals surface area contributed by atoms with Crippen molar-refractivity contribution < 1.29 is 0 Å². The maximum absolute atomic E-state index is 5.96. The first-order chi connectivity index (χ1) is 7.65. The predicted octanol–water partition coefficient (Wildman–Crippen LogP) is 2.16. The zero-order valence-electron chi connectivity index (χ0n) is 9.86. The van der Waals surface area contributed by atoms with Crippen molar-refractivity contribution >= 4 is 5.69 Å². The molecular weight excluding hydrogens is 200 g/mol. The lowest BCUT2D eigenvalue weighted by Gasteiger charge is -2.05. The van der Waals surface area contributed by atoms with E-state index in [0.29, 0.717) is 0 Å². The summed E-state index contributed by atoms with van der Waals surface area (Å²) < 4.78 is 1.98. The van der Waals surface area contributed by atoms with Crippen molar-refractivity contribution in [3.63, 3.8) is 0 Å². The summed E-state index contributed by atoms with van der Waals surface area (Å²) in [6.45, 7) is 7.01. The lowest BCUT2D eigenvalue weighted by atomic mass is 10.0. The maximum Gasteiger partial charge on any atom is 0.0676 e. The van der Waals surface area contributed by atoms with Crippen LogP contribution in [0.25, 0.3) is 11.1 Å². The van der Waals surface area contributed by atoms with Crippen LogP contribution in [0.3, 0.4) is 0 Å². The lowest BCUT2D eigenvalue weighted by molar-refractivity contribution is 0.634. The number of nitrogens with zero attached hydrogens (tertiary/aromatic N) is 3. The molecule has 84 valence electrons. The Morgan fingerprint density at radius 3 is 2.69 bits per heavy atom. The summed E-state index contributed by atoms with van der Waals surface area (Å²) in [5, 5.41) is 4.48. The monoisotopic (exact) mass is 216 g/mol. The van der Waals surface area contributed by atoms with E-state index >= 15 is 0 Å². The number of anilines is 1. The van der Waals surface area contributed by atoms with Crippen LogP contribution in [0.4, 0.5) is 5.69 Å². The summed E-state index contributed by atoms with van der Waals surface area (Å²) in [5.41, 5.74) is 10.9. The van der Waals surface area contributed by atoms with Crippen molar-refractivity contribution in [3.8, 4) is 11.1 Å². The second-order valence-electron chi connectivity index (χ2n) is 3.82. The second kappa shape index (κ2) is 3.96. The van der Waals surface area contributed by atoms with Gasteiger partial charge in [0.05, 0.1) is 5.69 Å². The topological polar surface area (TPSA) is 56.7 Å². The Hall–Kier alpha value is -1.84. The molecule has 4 heteroatoms. The summed E-state index contributed by atoms with van der Waals surface area (Å²) in [4.78, 5) is 4.12. The molecule has 0 bridgehead atoms. The minimum absolute atomic E-state index is 0.747. The Morgan fingerprint density at radius 1 is 1.38 bits per heavy atom. The Balaban J connectivity index is 2.65. The molecule has 0 aromatic carbocycles. The van der Waals surface area contributed by atoms with Gasteiger partial charge in [-0.25, -0.2) is 0 Å². The summed E-state index contributed by atoms with van der Waals surface area (Å²) >= 11 is 0. The molecule has 0 unspecified atom stereocenters. The van der Waals surface area contributed by atoms with E-state index in [1.807, 2.05) is 17.7 Å². The van der Waals surface area contributed by atoms with Gasteiger partial charge in [0, 0.05) is 41.4 Å². The van der Waals surface area contributed by atoms with Gasteiger partial charge in [0.2, 0.25) is 0 Å². The van der Waals surface area contributed by atoms with Crippen LogP contribution in [0.2, 0.25) is 0 Å². The SMILES string of the molecule is CCn1nc(C)c(-c2cnccc2N)c1C. The lowest BCUT2D eigenvalue weighted by Crippen LogP contribution is -1.99. The van der Waals surface area contributed by atoms with Gasteiger partial charge in [-0.2, -0.15) is 5.10 Å². The zero-order valence-corrected chi connectivity index (χ0v) is 9.86. The van der Waals surface area contributed by atoms with Gasteiger partial charge in [0.15, 0.2) is 0 Å². The van der Waals surface area contributed by atoms with Gasteiger partial charge in [0.1, 0.15) is 0 Å². The van der Waals surface area contributed by atoms with E-state index in [1.54, 1.807) is 12.4 Å². The third-order valence-electron chi connectivity index (χ3n) is 2.81. The normalized spacial score (nSPS) is 10.7. The molecule has 2 heterocycles. The predicted molar refractivity (Wildman–Crippen MR) is 65.0 cm³/mol. The molecule has 0 aliphatic carbocycles. The molecule has 0 radical (unpaired) electrons. The van der Waals surface area contributed by atoms with E-state index in [0.717, 1.165) is 34.7 Å². The van der Waals surface area contributed by atoms with Gasteiger partial charge in [-0.15, -0.1) is 0 Å². The highest BCUT2D eigenvalue weighted by atomic mass is 15.3. The molecule has 0 atom stereocenters. The van der Waals surface area contributed by atoms with Gasteiger partial charge in [0.25, 0.3) is 0 Å². The number of aryl methyl sites for hydroxylation is 2. The Bertz CT molecular complexity index is 514. The molecule has 0 amide bonds. The number of rotatable bonds is 2. The number of nitrogen functional groups attached to an aromatic ring is 1. The van der Waals surface area contributed by atoms with E-state index in [4.69, 9.17) is 5.73 Å². The molecule has 0 saturated heterocycles. The van der Waals surface area contributed by atoms with Crippen LogP contribution in [-0.2, 0) is 6.54 Å². The minimum Gasteiger partial charge on any atom is -0.398 e.